The molecule has 0 bridgehead atoms. The lowest BCUT2D eigenvalue weighted by Crippen LogP contribution is -1.85. The first kappa shape index (κ1) is 10.2. The fourth-order valence-electron chi connectivity index (χ4n) is 1.33. The topological polar surface area (TPSA) is 12.9 Å². The minimum atomic E-state index is 0.982. The molecule has 0 aliphatic rings. The monoisotopic (exact) mass is 215 g/mol. The Kier molecular flexibility index (Phi) is 3.80. The van der Waals surface area contributed by atoms with Gasteiger partial charge in [-0.3, -0.25) is 4.98 Å². The van der Waals surface area contributed by atoms with Crippen LogP contribution in [0.3, 0.4) is 0 Å². The van der Waals surface area contributed by atoms with Gasteiger partial charge in [0.1, 0.15) is 0 Å². The van der Waals surface area contributed by atoms with E-state index in [9.17, 15) is 0 Å². The molecule has 1 heterocycles. The zero-order valence-corrected chi connectivity index (χ0v) is 9.28. The third-order valence-corrected chi connectivity index (χ3v) is 3.12. The Hall–Kier alpha value is -1.28. The summed E-state index contributed by atoms with van der Waals surface area (Å²) in [7, 11) is 0. The van der Waals surface area contributed by atoms with Crippen LogP contribution in [0.2, 0.25) is 0 Å². The highest BCUT2D eigenvalue weighted by Crippen LogP contribution is 2.15. The van der Waals surface area contributed by atoms with E-state index in [1.54, 1.807) is 0 Å². The van der Waals surface area contributed by atoms with Gasteiger partial charge >= 0.3 is 0 Å². The number of hydrogen-bond acceptors (Lipinski definition) is 2. The smallest absolute Gasteiger partial charge is 0.0502 e. The summed E-state index contributed by atoms with van der Waals surface area (Å²) in [4.78, 5) is 4.29. The summed E-state index contributed by atoms with van der Waals surface area (Å²) in [5.41, 5.74) is 2.52. The van der Waals surface area contributed by atoms with Gasteiger partial charge in [-0.15, -0.1) is 0 Å². The number of thioether (sulfide) groups is 1. The Bertz CT molecular complexity index is 346. The lowest BCUT2D eigenvalue weighted by Gasteiger charge is -2.01. The predicted octanol–water partition coefficient (Wildman–Crippen LogP) is 3.52. The van der Waals surface area contributed by atoms with Crippen molar-refractivity contribution in [3.8, 4) is 0 Å². The average Bonchev–Trinajstić information content (AvgIpc) is 2.32. The first-order valence-electron chi connectivity index (χ1n) is 4.97. The van der Waals surface area contributed by atoms with Crippen LogP contribution in [0.1, 0.15) is 11.3 Å². The minimum absolute atomic E-state index is 0.982. The van der Waals surface area contributed by atoms with Crippen LogP contribution in [-0.2, 0) is 11.5 Å². The molecule has 1 aromatic carbocycles. The van der Waals surface area contributed by atoms with E-state index in [2.05, 4.69) is 35.3 Å². The standard InChI is InChI=1S/C13H13NS/c1-2-6-12(7-3-1)10-15-11-13-8-4-5-9-14-13/h1-9H,10-11H2. The summed E-state index contributed by atoms with van der Waals surface area (Å²) in [6, 6.07) is 16.6. The van der Waals surface area contributed by atoms with Crippen molar-refractivity contribution in [1.29, 1.82) is 0 Å². The molecule has 0 aliphatic heterocycles. The van der Waals surface area contributed by atoms with E-state index in [4.69, 9.17) is 0 Å². The van der Waals surface area contributed by atoms with E-state index in [0.717, 1.165) is 17.2 Å². The van der Waals surface area contributed by atoms with Gasteiger partial charge in [0, 0.05) is 17.7 Å². The van der Waals surface area contributed by atoms with Gasteiger partial charge < -0.3 is 0 Å². The maximum Gasteiger partial charge on any atom is 0.0502 e. The lowest BCUT2D eigenvalue weighted by atomic mass is 10.2. The maximum atomic E-state index is 4.29. The van der Waals surface area contributed by atoms with Crippen LogP contribution in [0.4, 0.5) is 0 Å². The third kappa shape index (κ3) is 3.40. The molecule has 2 heteroatoms. The minimum Gasteiger partial charge on any atom is -0.260 e. The van der Waals surface area contributed by atoms with Crippen molar-refractivity contribution in [2.24, 2.45) is 0 Å². The molecule has 0 saturated carbocycles. The van der Waals surface area contributed by atoms with Crippen molar-refractivity contribution in [2.75, 3.05) is 0 Å². The molecule has 2 rings (SSSR count). The fraction of sp³-hybridized carbons (Fsp3) is 0.154. The van der Waals surface area contributed by atoms with E-state index in [1.807, 2.05) is 36.2 Å². The summed E-state index contributed by atoms with van der Waals surface area (Å²) >= 11 is 1.90. The van der Waals surface area contributed by atoms with Crippen molar-refractivity contribution in [2.45, 2.75) is 11.5 Å². The van der Waals surface area contributed by atoms with Crippen LogP contribution in [0.15, 0.2) is 54.7 Å². The van der Waals surface area contributed by atoms with Crippen molar-refractivity contribution >= 4 is 11.8 Å². The Balaban J connectivity index is 1.81. The zero-order valence-electron chi connectivity index (χ0n) is 8.47. The molecule has 0 N–H and O–H groups in total. The van der Waals surface area contributed by atoms with Crippen LogP contribution in [0.5, 0.6) is 0 Å². The third-order valence-electron chi connectivity index (χ3n) is 2.09. The number of rotatable bonds is 4. The lowest BCUT2D eigenvalue weighted by molar-refractivity contribution is 1.17. The van der Waals surface area contributed by atoms with Crippen molar-refractivity contribution in [3.63, 3.8) is 0 Å². The van der Waals surface area contributed by atoms with E-state index in [1.165, 1.54) is 5.56 Å². The molecular formula is C13H13NS. The van der Waals surface area contributed by atoms with Crippen LogP contribution in [0.25, 0.3) is 0 Å². The maximum absolute atomic E-state index is 4.29. The van der Waals surface area contributed by atoms with Gasteiger partial charge in [-0.25, -0.2) is 0 Å². The first-order valence-corrected chi connectivity index (χ1v) is 6.12. The highest BCUT2D eigenvalue weighted by molar-refractivity contribution is 7.97. The van der Waals surface area contributed by atoms with E-state index in [0.29, 0.717) is 0 Å². The SMILES string of the molecule is c1ccc(CSCc2ccccn2)cc1. The van der Waals surface area contributed by atoms with Gasteiger partial charge in [-0.05, 0) is 17.7 Å². The molecule has 2 aromatic rings. The number of hydrogen-bond donors (Lipinski definition) is 0. The molecule has 15 heavy (non-hydrogen) atoms. The summed E-state index contributed by atoms with van der Waals surface area (Å²) < 4.78 is 0. The molecule has 0 aliphatic carbocycles. The Labute approximate surface area is 94.6 Å². The highest BCUT2D eigenvalue weighted by atomic mass is 32.2. The molecule has 0 unspecified atom stereocenters. The van der Waals surface area contributed by atoms with Crippen LogP contribution < -0.4 is 0 Å². The number of aromatic nitrogens is 1. The van der Waals surface area contributed by atoms with Crippen molar-refractivity contribution < 1.29 is 0 Å². The first-order chi connectivity index (χ1) is 7.45. The molecule has 76 valence electrons. The van der Waals surface area contributed by atoms with Gasteiger partial charge in [-0.2, -0.15) is 11.8 Å². The van der Waals surface area contributed by atoms with Crippen molar-refractivity contribution in [3.05, 3.63) is 66.0 Å². The van der Waals surface area contributed by atoms with E-state index < -0.39 is 0 Å². The van der Waals surface area contributed by atoms with Crippen LogP contribution in [-0.4, -0.2) is 4.98 Å². The van der Waals surface area contributed by atoms with E-state index >= 15 is 0 Å². The number of pyridine rings is 1. The Morgan fingerprint density at radius 3 is 2.40 bits per heavy atom. The zero-order chi connectivity index (χ0) is 10.3. The second-order valence-electron chi connectivity index (χ2n) is 3.30. The largest absolute Gasteiger partial charge is 0.260 e. The van der Waals surface area contributed by atoms with Gasteiger partial charge in [-0.1, -0.05) is 36.4 Å². The normalized spacial score (nSPS) is 10.1. The molecule has 0 amide bonds. The molecular weight excluding hydrogens is 202 g/mol. The molecule has 0 fully saturated rings. The fourth-order valence-corrected chi connectivity index (χ4v) is 2.24. The highest BCUT2D eigenvalue weighted by Gasteiger charge is 1.94. The molecule has 1 nitrogen and oxygen atoms in total. The quantitative estimate of drug-likeness (QED) is 0.774. The van der Waals surface area contributed by atoms with Crippen molar-refractivity contribution in [1.82, 2.24) is 4.98 Å². The molecule has 0 spiro atoms. The van der Waals surface area contributed by atoms with Gasteiger partial charge in [0.2, 0.25) is 0 Å². The molecule has 0 radical (unpaired) electrons. The van der Waals surface area contributed by atoms with Gasteiger partial charge in [0.15, 0.2) is 0 Å². The van der Waals surface area contributed by atoms with Gasteiger partial charge in [0.25, 0.3) is 0 Å². The van der Waals surface area contributed by atoms with Crippen LogP contribution >= 0.6 is 11.8 Å². The second kappa shape index (κ2) is 5.56. The van der Waals surface area contributed by atoms with E-state index in [-0.39, 0.29) is 0 Å². The Morgan fingerprint density at radius 2 is 1.67 bits per heavy atom. The summed E-state index contributed by atoms with van der Waals surface area (Å²) in [6.07, 6.45) is 1.85. The number of nitrogens with zero attached hydrogens (tertiary/aromatic N) is 1. The molecule has 0 atom stereocenters. The summed E-state index contributed by atoms with van der Waals surface area (Å²) in [6.45, 7) is 0. The Morgan fingerprint density at radius 1 is 0.867 bits per heavy atom. The predicted molar refractivity (Wildman–Crippen MR) is 65.7 cm³/mol. The van der Waals surface area contributed by atoms with Crippen LogP contribution in [0, 0.1) is 0 Å². The number of benzene rings is 1. The summed E-state index contributed by atoms with van der Waals surface area (Å²) in [5.74, 6) is 2.03. The average molecular weight is 215 g/mol. The van der Waals surface area contributed by atoms with Gasteiger partial charge in [0.05, 0.1) is 5.69 Å². The molecule has 0 saturated heterocycles. The molecule has 1 aromatic heterocycles. The second-order valence-corrected chi connectivity index (χ2v) is 4.29. The summed E-state index contributed by atoms with van der Waals surface area (Å²) in [5, 5.41) is 0.